The molecule has 24 heavy (non-hydrogen) atoms. The molecule has 124 valence electrons. The maximum Gasteiger partial charge on any atom is 0.257 e. The highest BCUT2D eigenvalue weighted by molar-refractivity contribution is 7.80. The van der Waals surface area contributed by atoms with E-state index >= 15 is 0 Å². The Kier molecular flexibility index (Phi) is 4.66. The van der Waals surface area contributed by atoms with Gasteiger partial charge in [-0.1, -0.05) is 6.07 Å². The molecular weight excluding hydrogens is 324 g/mol. The molecule has 6 heteroatoms. The molecule has 0 unspecified atom stereocenters. The van der Waals surface area contributed by atoms with Crippen molar-refractivity contribution in [3.63, 3.8) is 0 Å². The van der Waals surface area contributed by atoms with Gasteiger partial charge in [0.2, 0.25) is 0 Å². The third kappa shape index (κ3) is 3.65. The first-order chi connectivity index (χ1) is 11.5. The summed E-state index contributed by atoms with van der Waals surface area (Å²) in [6.07, 6.45) is 0. The third-order valence-corrected chi connectivity index (χ3v) is 4.00. The smallest absolute Gasteiger partial charge is 0.257 e. The fraction of sp³-hybridized carbons (Fsp3) is 0.222. The summed E-state index contributed by atoms with van der Waals surface area (Å²) < 4.78 is 10.9. The second kappa shape index (κ2) is 6.88. The Labute approximate surface area is 146 Å². The first kappa shape index (κ1) is 16.3. The Morgan fingerprint density at radius 1 is 1.00 bits per heavy atom. The van der Waals surface area contributed by atoms with Gasteiger partial charge in [0.25, 0.3) is 5.91 Å². The molecule has 2 aromatic carbocycles. The number of carbonyl (C=O) groups excluding carboxylic acids is 1. The highest BCUT2D eigenvalue weighted by atomic mass is 32.1. The molecule has 1 amide bonds. The highest BCUT2D eigenvalue weighted by Gasteiger charge is 2.15. The van der Waals surface area contributed by atoms with Gasteiger partial charge >= 0.3 is 0 Å². The first-order valence-corrected chi connectivity index (χ1v) is 8.03. The molecule has 5 nitrogen and oxygen atoms in total. The molecule has 0 aromatic heterocycles. The number of ether oxygens (including phenoxy) is 2. The second-order valence-electron chi connectivity index (χ2n) is 5.57. The van der Waals surface area contributed by atoms with E-state index in [2.05, 4.69) is 10.6 Å². The van der Waals surface area contributed by atoms with E-state index in [1.807, 2.05) is 32.0 Å². The van der Waals surface area contributed by atoms with Gasteiger partial charge in [0.05, 0.1) is 0 Å². The number of nitrogens with one attached hydrogen (secondary N) is 2. The van der Waals surface area contributed by atoms with Gasteiger partial charge in [-0.05, 0) is 67.5 Å². The van der Waals surface area contributed by atoms with Crippen molar-refractivity contribution in [1.29, 1.82) is 0 Å². The van der Waals surface area contributed by atoms with Crippen LogP contribution in [0, 0.1) is 13.8 Å². The maximum absolute atomic E-state index is 12.3. The van der Waals surface area contributed by atoms with Gasteiger partial charge in [-0.25, -0.2) is 0 Å². The van der Waals surface area contributed by atoms with Gasteiger partial charge in [0, 0.05) is 11.3 Å². The first-order valence-electron chi connectivity index (χ1n) is 7.62. The minimum Gasteiger partial charge on any atom is -0.486 e. The fourth-order valence-corrected chi connectivity index (χ4v) is 2.55. The van der Waals surface area contributed by atoms with Gasteiger partial charge in [0.1, 0.15) is 13.2 Å². The molecule has 1 aliphatic rings. The topological polar surface area (TPSA) is 59.6 Å². The average molecular weight is 342 g/mol. The van der Waals surface area contributed by atoms with Crippen LogP contribution in [0.3, 0.4) is 0 Å². The summed E-state index contributed by atoms with van der Waals surface area (Å²) in [6.45, 7) is 5.06. The monoisotopic (exact) mass is 342 g/mol. The normalized spacial score (nSPS) is 12.4. The van der Waals surface area contributed by atoms with Crippen LogP contribution in [0.5, 0.6) is 11.5 Å². The average Bonchev–Trinajstić information content (AvgIpc) is 2.57. The van der Waals surface area contributed by atoms with Crippen LogP contribution in [0.4, 0.5) is 5.69 Å². The van der Waals surface area contributed by atoms with E-state index in [0.717, 1.165) is 11.3 Å². The molecule has 0 atom stereocenters. The number of rotatable bonds is 2. The summed E-state index contributed by atoms with van der Waals surface area (Å²) in [7, 11) is 0. The van der Waals surface area contributed by atoms with Crippen molar-refractivity contribution in [2.45, 2.75) is 13.8 Å². The number of carbonyl (C=O) groups is 1. The largest absolute Gasteiger partial charge is 0.486 e. The predicted octanol–water partition coefficient (Wildman–Crippen LogP) is 3.20. The number of thiocarbonyl (C=S) groups is 1. The highest BCUT2D eigenvalue weighted by Crippen LogP contribution is 2.30. The van der Waals surface area contributed by atoms with Crippen LogP contribution >= 0.6 is 12.2 Å². The van der Waals surface area contributed by atoms with Crippen molar-refractivity contribution >= 4 is 28.9 Å². The Bertz CT molecular complexity index is 805. The number of fused-ring (bicyclic) bond motifs is 1. The maximum atomic E-state index is 12.3. The van der Waals surface area contributed by atoms with Crippen molar-refractivity contribution in [1.82, 2.24) is 5.32 Å². The van der Waals surface area contributed by atoms with Crippen molar-refractivity contribution in [2.24, 2.45) is 0 Å². The standard InChI is InChI=1S/C18H18N2O3S/c1-11-3-5-14(9-12(11)2)19-18(24)20-17(21)13-4-6-15-16(10-13)23-8-7-22-15/h3-6,9-10H,7-8H2,1-2H3,(H2,19,20,21,24). The number of amides is 1. The van der Waals surface area contributed by atoms with Gasteiger partial charge in [-0.15, -0.1) is 0 Å². The van der Waals surface area contributed by atoms with Crippen LogP contribution in [0.25, 0.3) is 0 Å². The summed E-state index contributed by atoms with van der Waals surface area (Å²) in [5.41, 5.74) is 3.65. The Morgan fingerprint density at radius 3 is 2.50 bits per heavy atom. The van der Waals surface area contributed by atoms with Crippen molar-refractivity contribution in [3.05, 3.63) is 53.1 Å². The zero-order valence-electron chi connectivity index (χ0n) is 13.5. The third-order valence-electron chi connectivity index (χ3n) is 3.80. The zero-order valence-corrected chi connectivity index (χ0v) is 14.3. The molecule has 1 aliphatic heterocycles. The molecule has 0 saturated heterocycles. The molecule has 0 spiro atoms. The molecule has 0 saturated carbocycles. The number of aryl methyl sites for hydroxylation is 2. The summed E-state index contributed by atoms with van der Waals surface area (Å²) in [4.78, 5) is 12.3. The van der Waals surface area contributed by atoms with Crippen LogP contribution in [0.15, 0.2) is 36.4 Å². The molecule has 2 N–H and O–H groups in total. The zero-order chi connectivity index (χ0) is 17.1. The number of benzene rings is 2. The van der Waals surface area contributed by atoms with E-state index in [1.54, 1.807) is 18.2 Å². The van der Waals surface area contributed by atoms with Gasteiger partial charge in [-0.3, -0.25) is 10.1 Å². The van der Waals surface area contributed by atoms with E-state index in [-0.39, 0.29) is 11.0 Å². The van der Waals surface area contributed by atoms with Gasteiger partial charge in [-0.2, -0.15) is 0 Å². The Balaban J connectivity index is 1.65. The lowest BCUT2D eigenvalue weighted by Crippen LogP contribution is -2.34. The Morgan fingerprint density at radius 2 is 1.75 bits per heavy atom. The summed E-state index contributed by atoms with van der Waals surface area (Å²) >= 11 is 5.21. The van der Waals surface area contributed by atoms with Crippen LogP contribution in [0.2, 0.25) is 0 Å². The number of hydrogen-bond donors (Lipinski definition) is 2. The molecule has 1 heterocycles. The predicted molar refractivity (Wildman–Crippen MR) is 97.0 cm³/mol. The molecule has 0 aliphatic carbocycles. The Hall–Kier alpha value is -2.60. The van der Waals surface area contributed by atoms with Gasteiger partial charge < -0.3 is 14.8 Å². The lowest BCUT2D eigenvalue weighted by atomic mass is 10.1. The van der Waals surface area contributed by atoms with E-state index in [0.29, 0.717) is 30.3 Å². The minimum absolute atomic E-state index is 0.248. The molecule has 2 aromatic rings. The van der Waals surface area contributed by atoms with E-state index in [1.165, 1.54) is 5.56 Å². The van der Waals surface area contributed by atoms with Crippen molar-refractivity contribution < 1.29 is 14.3 Å². The molecule has 0 radical (unpaired) electrons. The van der Waals surface area contributed by atoms with Gasteiger partial charge in [0.15, 0.2) is 16.6 Å². The molecule has 0 fully saturated rings. The lowest BCUT2D eigenvalue weighted by molar-refractivity contribution is 0.0976. The second-order valence-corrected chi connectivity index (χ2v) is 5.97. The molecule has 0 bridgehead atoms. The van der Waals surface area contributed by atoms with Crippen LogP contribution < -0.4 is 20.1 Å². The van der Waals surface area contributed by atoms with Crippen LogP contribution in [-0.2, 0) is 0 Å². The van der Waals surface area contributed by atoms with E-state index in [4.69, 9.17) is 21.7 Å². The minimum atomic E-state index is -0.298. The SMILES string of the molecule is Cc1ccc(NC(=S)NC(=O)c2ccc3c(c2)OCCO3)cc1C. The van der Waals surface area contributed by atoms with Crippen LogP contribution in [0.1, 0.15) is 21.5 Å². The van der Waals surface area contributed by atoms with Crippen LogP contribution in [-0.4, -0.2) is 24.2 Å². The lowest BCUT2D eigenvalue weighted by Gasteiger charge is -2.18. The quantitative estimate of drug-likeness (QED) is 0.821. The summed E-state index contributed by atoms with van der Waals surface area (Å²) in [6, 6.07) is 11.0. The van der Waals surface area contributed by atoms with E-state index < -0.39 is 0 Å². The number of anilines is 1. The van der Waals surface area contributed by atoms with Crippen molar-refractivity contribution in [2.75, 3.05) is 18.5 Å². The summed E-state index contributed by atoms with van der Waals surface area (Å²) in [5.74, 6) is 0.920. The molecule has 3 rings (SSSR count). The molecular formula is C18H18N2O3S. The summed E-state index contributed by atoms with van der Waals surface area (Å²) in [5, 5.41) is 5.94. The van der Waals surface area contributed by atoms with E-state index in [9.17, 15) is 4.79 Å². The van der Waals surface area contributed by atoms with Crippen molar-refractivity contribution in [3.8, 4) is 11.5 Å². The fourth-order valence-electron chi connectivity index (χ4n) is 2.34. The number of hydrogen-bond acceptors (Lipinski definition) is 4.